The first-order valence-corrected chi connectivity index (χ1v) is 20.4. The van der Waals surface area contributed by atoms with Crippen LogP contribution in [0.4, 0.5) is 0 Å². The molecule has 2 aromatic carbocycles. The Balaban J connectivity index is 0.00000120. The van der Waals surface area contributed by atoms with Crippen molar-refractivity contribution in [2.75, 3.05) is 0 Å². The van der Waals surface area contributed by atoms with Crippen molar-refractivity contribution in [1.29, 1.82) is 0 Å². The fraction of sp³-hybridized carbons (Fsp3) is 0.660. The molecule has 13 rings (SSSR count). The van der Waals surface area contributed by atoms with Crippen LogP contribution in [-0.2, 0) is 37.0 Å². The minimum absolute atomic E-state index is 0. The number of hydrogen-bond donors (Lipinski definition) is 0. The third kappa shape index (κ3) is 5.03. The van der Waals surface area contributed by atoms with Gasteiger partial charge in [0.25, 0.3) is 0 Å². The van der Waals surface area contributed by atoms with Gasteiger partial charge in [-0.1, -0.05) is 81.3 Å². The van der Waals surface area contributed by atoms with Gasteiger partial charge >= 0.3 is 26.2 Å². The molecule has 8 saturated carbocycles. The third-order valence-corrected chi connectivity index (χ3v) is 17.0. The molecule has 0 N–H and O–H groups in total. The van der Waals surface area contributed by atoms with Crippen LogP contribution in [0.25, 0.3) is 11.1 Å². The zero-order valence-corrected chi connectivity index (χ0v) is 35.1. The van der Waals surface area contributed by atoms with Gasteiger partial charge < -0.3 is 24.8 Å². The predicted octanol–water partition coefficient (Wildman–Crippen LogP) is 6.60. The maximum atomic E-state index is 2.82. The summed E-state index contributed by atoms with van der Waals surface area (Å²) in [5.74, 6) is 6.47. The van der Waals surface area contributed by atoms with Crippen LogP contribution in [0.15, 0.2) is 59.2 Å². The van der Waals surface area contributed by atoms with Gasteiger partial charge in [-0.25, -0.2) is 0 Å². The summed E-state index contributed by atoms with van der Waals surface area (Å²) in [5.41, 5.74) is 16.8. The first kappa shape index (κ1) is 36.4. The standard InChI is InChI=1S/C47H58.2ClH.Zr/c1-5-47(11-10-34-18-37(21-42(34)47)44(2,3)4)43-38-8-6-35(45-22-28-12-29(23-45)14-30(13-28)24-45)19-40(38)41-20-36(7-9-39(41)43)46-25-31-15-32(26-46)17-33(16-31)27-46;;;/h6-9,19-21,28-33,43H,5,10-18,22-27H2,1-4H3;2*1H;/q;;;+2/p-2. The summed E-state index contributed by atoms with van der Waals surface area (Å²) in [4.78, 5) is 0. The topological polar surface area (TPSA) is 0 Å². The van der Waals surface area contributed by atoms with E-state index in [1.165, 1.54) is 103 Å². The van der Waals surface area contributed by atoms with Crippen molar-refractivity contribution >= 4 is 0 Å². The number of allylic oxidation sites excluding steroid dienone is 4. The second-order valence-electron chi connectivity index (χ2n) is 20.6. The molecule has 8 bridgehead atoms. The van der Waals surface area contributed by atoms with Crippen LogP contribution in [-0.4, -0.2) is 0 Å². The fourth-order valence-corrected chi connectivity index (χ4v) is 15.7. The van der Waals surface area contributed by atoms with Gasteiger partial charge in [0.05, 0.1) is 0 Å². The first-order chi connectivity index (χ1) is 22.6. The molecule has 0 aliphatic heterocycles. The zero-order valence-electron chi connectivity index (χ0n) is 31.2. The van der Waals surface area contributed by atoms with Gasteiger partial charge in [-0.05, 0) is 193 Å². The number of rotatable bonds is 4. The number of fused-ring (bicyclic) bond motifs is 3. The van der Waals surface area contributed by atoms with Gasteiger partial charge in [0.15, 0.2) is 0 Å². The zero-order chi connectivity index (χ0) is 31.5. The van der Waals surface area contributed by atoms with E-state index in [1.807, 2.05) is 0 Å². The number of halogens is 2. The van der Waals surface area contributed by atoms with E-state index in [0.717, 1.165) is 35.5 Å². The minimum atomic E-state index is 0. The average molecular weight is 785 g/mol. The van der Waals surface area contributed by atoms with E-state index in [-0.39, 0.29) is 61.8 Å². The summed E-state index contributed by atoms with van der Waals surface area (Å²) >= 11 is 0. The van der Waals surface area contributed by atoms with Gasteiger partial charge in [-0.3, -0.25) is 0 Å². The van der Waals surface area contributed by atoms with Gasteiger partial charge in [0, 0.05) is 11.3 Å². The van der Waals surface area contributed by atoms with Crippen LogP contribution < -0.4 is 24.8 Å². The molecule has 264 valence electrons. The molecule has 1 atom stereocenters. The van der Waals surface area contributed by atoms with Crippen molar-refractivity contribution < 1.29 is 51.0 Å². The van der Waals surface area contributed by atoms with E-state index < -0.39 is 0 Å². The van der Waals surface area contributed by atoms with Crippen LogP contribution in [0, 0.1) is 46.3 Å². The summed E-state index contributed by atoms with van der Waals surface area (Å²) in [6.45, 7) is 9.84. The first-order valence-electron chi connectivity index (χ1n) is 20.4. The van der Waals surface area contributed by atoms with Gasteiger partial charge in [-0.2, -0.15) is 0 Å². The Kier molecular flexibility index (Phi) is 8.87. The average Bonchev–Trinajstić information content (AvgIpc) is 3.70. The van der Waals surface area contributed by atoms with Crippen molar-refractivity contribution in [3.05, 3.63) is 81.4 Å². The molecule has 0 radical (unpaired) electrons. The van der Waals surface area contributed by atoms with E-state index in [2.05, 4.69) is 70.2 Å². The molecule has 0 saturated heterocycles. The van der Waals surface area contributed by atoms with Crippen LogP contribution >= 0.6 is 0 Å². The molecule has 8 fully saturated rings. The largest absolute Gasteiger partial charge is 2.00 e. The molecule has 3 heteroatoms. The Labute approximate surface area is 334 Å². The monoisotopic (exact) mass is 782 g/mol. The van der Waals surface area contributed by atoms with E-state index in [0.29, 0.717) is 16.7 Å². The van der Waals surface area contributed by atoms with E-state index in [9.17, 15) is 0 Å². The normalized spacial score (nSPS) is 40.9. The summed E-state index contributed by atoms with van der Waals surface area (Å²) in [7, 11) is 0. The summed E-state index contributed by atoms with van der Waals surface area (Å²) in [6.07, 6.45) is 25.8. The molecule has 1 unspecified atom stereocenters. The van der Waals surface area contributed by atoms with E-state index in [1.54, 1.807) is 50.1 Å². The molecule has 0 nitrogen and oxygen atoms in total. The van der Waals surface area contributed by atoms with Crippen LogP contribution in [0.5, 0.6) is 0 Å². The molecule has 2 aromatic rings. The molecule has 0 spiro atoms. The maximum Gasteiger partial charge on any atom is 2.00 e. The summed E-state index contributed by atoms with van der Waals surface area (Å²) in [5, 5.41) is 0. The minimum Gasteiger partial charge on any atom is -1.00 e. The Morgan fingerprint density at radius 1 is 0.640 bits per heavy atom. The van der Waals surface area contributed by atoms with Crippen LogP contribution in [0.2, 0.25) is 0 Å². The molecule has 11 aliphatic rings. The Bertz CT molecular complexity index is 1610. The number of benzene rings is 2. The summed E-state index contributed by atoms with van der Waals surface area (Å²) in [6, 6.07) is 16.4. The van der Waals surface area contributed by atoms with Gasteiger partial charge in [0.2, 0.25) is 0 Å². The van der Waals surface area contributed by atoms with E-state index >= 15 is 0 Å². The van der Waals surface area contributed by atoms with Crippen molar-refractivity contribution in [2.24, 2.45) is 46.3 Å². The van der Waals surface area contributed by atoms with Gasteiger partial charge in [-0.15, -0.1) is 0 Å². The summed E-state index contributed by atoms with van der Waals surface area (Å²) < 4.78 is 0. The van der Waals surface area contributed by atoms with E-state index in [4.69, 9.17) is 0 Å². The Morgan fingerprint density at radius 2 is 1.06 bits per heavy atom. The predicted molar refractivity (Wildman–Crippen MR) is 195 cm³/mol. The molecular weight excluding hydrogens is 727 g/mol. The second kappa shape index (κ2) is 12.2. The van der Waals surface area contributed by atoms with Crippen molar-refractivity contribution in [1.82, 2.24) is 0 Å². The Morgan fingerprint density at radius 3 is 1.44 bits per heavy atom. The molecule has 0 heterocycles. The molecule has 0 aromatic heterocycles. The van der Waals surface area contributed by atoms with Crippen molar-refractivity contribution in [3.8, 4) is 11.1 Å². The Hall–Kier alpha value is -0.617. The number of hydrogen-bond acceptors (Lipinski definition) is 0. The van der Waals surface area contributed by atoms with Crippen LogP contribution in [0.1, 0.15) is 159 Å². The molecular formula is C47H58Cl2Zr. The molecule has 11 aliphatic carbocycles. The smallest absolute Gasteiger partial charge is 1.00 e. The van der Waals surface area contributed by atoms with Crippen LogP contribution in [0.3, 0.4) is 0 Å². The molecule has 0 amide bonds. The quantitative estimate of drug-likeness (QED) is 0.328. The van der Waals surface area contributed by atoms with Crippen molar-refractivity contribution in [2.45, 2.75) is 147 Å². The molecule has 50 heavy (non-hydrogen) atoms. The van der Waals surface area contributed by atoms with Crippen molar-refractivity contribution in [3.63, 3.8) is 0 Å². The fourth-order valence-electron chi connectivity index (χ4n) is 15.7. The second-order valence-corrected chi connectivity index (χ2v) is 20.6. The van der Waals surface area contributed by atoms with Gasteiger partial charge in [0.1, 0.15) is 0 Å². The SMILES string of the molecule is CCC1(C2c3ccc(C45CC6CC(CC(C6)C4)C5)cc3-c3cc(C45CC6CC(CC(C6)C4)C5)ccc32)CCC2=C1C=C(C(C)(C)C)C2.[Cl-].[Cl-].[Zr+2]. The third-order valence-electron chi connectivity index (χ3n) is 17.0. The maximum absolute atomic E-state index is 2.82.